The predicted molar refractivity (Wildman–Crippen MR) is 114 cm³/mol. The van der Waals surface area contributed by atoms with Crippen molar-refractivity contribution < 1.29 is 22.7 Å². The number of para-hydroxylation sites is 2. The minimum absolute atomic E-state index is 0.245. The Bertz CT molecular complexity index is 1050. The summed E-state index contributed by atoms with van der Waals surface area (Å²) < 4.78 is 41.6. The van der Waals surface area contributed by atoms with Gasteiger partial charge in [-0.15, -0.1) is 13.2 Å². The number of carbonyl (C=O) groups is 1. The molecule has 32 heavy (non-hydrogen) atoms. The van der Waals surface area contributed by atoms with E-state index in [0.29, 0.717) is 5.95 Å². The van der Waals surface area contributed by atoms with Crippen molar-refractivity contribution in [3.05, 3.63) is 72.6 Å². The molecular weight excluding hydrogens is 423 g/mol. The van der Waals surface area contributed by atoms with Gasteiger partial charge in [0.15, 0.2) is 0 Å². The molecule has 1 fully saturated rings. The first-order chi connectivity index (χ1) is 15.4. The number of anilines is 3. The zero-order chi connectivity index (χ0) is 22.6. The van der Waals surface area contributed by atoms with E-state index in [9.17, 15) is 18.0 Å². The van der Waals surface area contributed by atoms with Crippen LogP contribution in [0.1, 0.15) is 10.4 Å². The van der Waals surface area contributed by atoms with Gasteiger partial charge in [0, 0.05) is 31.9 Å². The standard InChI is InChI=1S/C22H20F3N5O2/c23-22(24,25)32-19-9-5-4-8-18(19)20(31)28-16-14-26-21(27-15-16)30-12-10-29(11-13-30)17-6-2-1-3-7-17/h1-9,14-15H,10-13H2,(H,28,31). The fourth-order valence-electron chi connectivity index (χ4n) is 3.42. The molecule has 0 radical (unpaired) electrons. The highest BCUT2D eigenvalue weighted by Crippen LogP contribution is 2.27. The Morgan fingerprint density at radius 1 is 0.875 bits per heavy atom. The van der Waals surface area contributed by atoms with Gasteiger partial charge in [-0.3, -0.25) is 4.79 Å². The molecule has 1 saturated heterocycles. The number of nitrogens with zero attached hydrogens (tertiary/aromatic N) is 4. The van der Waals surface area contributed by atoms with Crippen LogP contribution < -0.4 is 19.9 Å². The molecule has 1 aromatic heterocycles. The molecule has 3 aromatic rings. The van der Waals surface area contributed by atoms with Crippen LogP contribution in [0.2, 0.25) is 0 Å². The Hall–Kier alpha value is -3.82. The minimum atomic E-state index is -4.90. The topological polar surface area (TPSA) is 70.6 Å². The van der Waals surface area contributed by atoms with E-state index in [4.69, 9.17) is 0 Å². The number of rotatable bonds is 5. The monoisotopic (exact) mass is 443 g/mol. The molecule has 1 amide bonds. The third-order valence-electron chi connectivity index (χ3n) is 4.94. The van der Waals surface area contributed by atoms with E-state index >= 15 is 0 Å². The van der Waals surface area contributed by atoms with Crippen molar-refractivity contribution in [3.63, 3.8) is 0 Å². The van der Waals surface area contributed by atoms with Crippen LogP contribution >= 0.6 is 0 Å². The number of nitrogens with one attached hydrogen (secondary N) is 1. The smallest absolute Gasteiger partial charge is 0.405 e. The van der Waals surface area contributed by atoms with Crippen molar-refractivity contribution in [2.45, 2.75) is 6.36 Å². The molecule has 10 heteroatoms. The summed E-state index contributed by atoms with van der Waals surface area (Å²) in [5.41, 5.74) is 1.19. The Morgan fingerprint density at radius 2 is 1.47 bits per heavy atom. The minimum Gasteiger partial charge on any atom is -0.405 e. The first kappa shape index (κ1) is 21.4. The summed E-state index contributed by atoms with van der Waals surface area (Å²) in [6.45, 7) is 3.12. The molecule has 0 aliphatic carbocycles. The molecule has 2 heterocycles. The number of ether oxygens (including phenoxy) is 1. The van der Waals surface area contributed by atoms with E-state index < -0.39 is 18.0 Å². The molecule has 4 rings (SSSR count). The van der Waals surface area contributed by atoms with Gasteiger partial charge in [-0.05, 0) is 24.3 Å². The lowest BCUT2D eigenvalue weighted by Gasteiger charge is -2.36. The van der Waals surface area contributed by atoms with Crippen LogP contribution in [0, 0.1) is 0 Å². The molecule has 7 nitrogen and oxygen atoms in total. The van der Waals surface area contributed by atoms with E-state index in [1.54, 1.807) is 0 Å². The number of benzene rings is 2. The lowest BCUT2D eigenvalue weighted by Crippen LogP contribution is -2.47. The second kappa shape index (κ2) is 9.13. The molecule has 1 N–H and O–H groups in total. The summed E-state index contributed by atoms with van der Waals surface area (Å²) in [5, 5.41) is 2.51. The number of carbonyl (C=O) groups excluding carboxylic acids is 1. The van der Waals surface area contributed by atoms with Gasteiger partial charge in [-0.1, -0.05) is 30.3 Å². The molecule has 1 aliphatic rings. The van der Waals surface area contributed by atoms with Gasteiger partial charge in [-0.2, -0.15) is 0 Å². The van der Waals surface area contributed by atoms with E-state index in [-0.39, 0.29) is 11.3 Å². The normalized spacial score (nSPS) is 14.2. The second-order valence-electron chi connectivity index (χ2n) is 7.08. The first-order valence-electron chi connectivity index (χ1n) is 9.92. The third-order valence-corrected chi connectivity index (χ3v) is 4.94. The van der Waals surface area contributed by atoms with E-state index in [2.05, 4.69) is 37.1 Å². The van der Waals surface area contributed by atoms with Crippen molar-refractivity contribution >= 4 is 23.2 Å². The molecule has 166 valence electrons. The maximum absolute atomic E-state index is 12.6. The summed E-state index contributed by atoms with van der Waals surface area (Å²) >= 11 is 0. The van der Waals surface area contributed by atoms with Crippen LogP contribution in [0.25, 0.3) is 0 Å². The van der Waals surface area contributed by atoms with Crippen molar-refractivity contribution in [1.82, 2.24) is 9.97 Å². The summed E-state index contributed by atoms with van der Waals surface area (Å²) in [5.74, 6) is -0.805. The zero-order valence-electron chi connectivity index (χ0n) is 16.9. The number of hydrogen-bond acceptors (Lipinski definition) is 6. The van der Waals surface area contributed by atoms with Gasteiger partial charge in [0.2, 0.25) is 5.95 Å². The third kappa shape index (κ3) is 5.26. The Balaban J connectivity index is 1.37. The maximum atomic E-state index is 12.6. The number of amides is 1. The van der Waals surface area contributed by atoms with Gasteiger partial charge in [-0.25, -0.2) is 9.97 Å². The molecular formula is C22H20F3N5O2. The molecule has 0 atom stereocenters. The van der Waals surface area contributed by atoms with E-state index in [0.717, 1.165) is 32.2 Å². The zero-order valence-corrected chi connectivity index (χ0v) is 16.9. The summed E-state index contributed by atoms with van der Waals surface area (Å²) in [6, 6.07) is 15.3. The molecule has 0 spiro atoms. The number of alkyl halides is 3. The SMILES string of the molecule is O=C(Nc1cnc(N2CCN(c3ccccc3)CC2)nc1)c1ccccc1OC(F)(F)F. The van der Waals surface area contributed by atoms with Gasteiger partial charge in [0.1, 0.15) is 5.75 Å². The quantitative estimate of drug-likeness (QED) is 0.644. The highest BCUT2D eigenvalue weighted by Gasteiger charge is 2.32. The van der Waals surface area contributed by atoms with Crippen molar-refractivity contribution in [2.24, 2.45) is 0 Å². The Morgan fingerprint density at radius 3 is 2.12 bits per heavy atom. The van der Waals surface area contributed by atoms with Crippen molar-refractivity contribution in [2.75, 3.05) is 41.3 Å². The van der Waals surface area contributed by atoms with Crippen molar-refractivity contribution in [3.8, 4) is 5.75 Å². The predicted octanol–water partition coefficient (Wildman–Crippen LogP) is 3.95. The van der Waals surface area contributed by atoms with Crippen LogP contribution in [0.5, 0.6) is 5.75 Å². The lowest BCUT2D eigenvalue weighted by molar-refractivity contribution is -0.274. The Labute approximate surface area is 182 Å². The molecule has 2 aromatic carbocycles. The molecule has 1 aliphatic heterocycles. The van der Waals surface area contributed by atoms with Gasteiger partial charge in [0.05, 0.1) is 23.6 Å². The van der Waals surface area contributed by atoms with Crippen LogP contribution in [-0.2, 0) is 0 Å². The van der Waals surface area contributed by atoms with E-state index in [1.807, 2.05) is 23.1 Å². The van der Waals surface area contributed by atoms with Crippen LogP contribution in [0.4, 0.5) is 30.5 Å². The molecule has 0 bridgehead atoms. The van der Waals surface area contributed by atoms with Crippen LogP contribution in [-0.4, -0.2) is 48.4 Å². The second-order valence-corrected chi connectivity index (χ2v) is 7.08. The number of hydrogen-bond donors (Lipinski definition) is 1. The average Bonchev–Trinajstić information content (AvgIpc) is 2.79. The summed E-state index contributed by atoms with van der Waals surface area (Å²) in [7, 11) is 0. The highest BCUT2D eigenvalue weighted by atomic mass is 19.4. The molecule has 0 unspecified atom stereocenters. The Kier molecular flexibility index (Phi) is 6.11. The first-order valence-corrected chi connectivity index (χ1v) is 9.92. The average molecular weight is 443 g/mol. The fraction of sp³-hybridized carbons (Fsp3) is 0.227. The number of halogens is 3. The molecule has 0 saturated carbocycles. The summed E-state index contributed by atoms with van der Waals surface area (Å²) in [6.07, 6.45) is -2.04. The van der Waals surface area contributed by atoms with Crippen LogP contribution in [0.3, 0.4) is 0 Å². The van der Waals surface area contributed by atoms with Gasteiger partial charge < -0.3 is 19.9 Å². The van der Waals surface area contributed by atoms with E-state index in [1.165, 1.54) is 36.3 Å². The lowest BCUT2D eigenvalue weighted by atomic mass is 10.2. The van der Waals surface area contributed by atoms with Crippen LogP contribution in [0.15, 0.2) is 67.0 Å². The largest absolute Gasteiger partial charge is 0.573 e. The highest BCUT2D eigenvalue weighted by molar-refractivity contribution is 6.06. The fourth-order valence-corrected chi connectivity index (χ4v) is 3.42. The maximum Gasteiger partial charge on any atom is 0.573 e. The van der Waals surface area contributed by atoms with Gasteiger partial charge >= 0.3 is 6.36 Å². The van der Waals surface area contributed by atoms with Gasteiger partial charge in [0.25, 0.3) is 5.91 Å². The summed E-state index contributed by atoms with van der Waals surface area (Å²) in [4.78, 5) is 25.4. The van der Waals surface area contributed by atoms with Crippen molar-refractivity contribution in [1.29, 1.82) is 0 Å². The number of aromatic nitrogens is 2. The number of piperazine rings is 1.